The number of oxime groups is 1. The fourth-order valence-electron chi connectivity index (χ4n) is 2.65. The highest BCUT2D eigenvalue weighted by Crippen LogP contribution is 2.23. The smallest absolute Gasteiger partial charge is 0.259 e. The van der Waals surface area contributed by atoms with Gasteiger partial charge in [0.1, 0.15) is 5.75 Å². The molecule has 0 bridgehead atoms. The van der Waals surface area contributed by atoms with Crippen LogP contribution in [-0.4, -0.2) is 21.0 Å². The van der Waals surface area contributed by atoms with Crippen molar-refractivity contribution in [2.45, 2.75) is 20.0 Å². The molecule has 4 aromatic rings. The van der Waals surface area contributed by atoms with Crippen molar-refractivity contribution in [3.05, 3.63) is 89.9 Å². The number of pyridine rings is 1. The molecule has 0 unspecified atom stereocenters. The molecular formula is C23H21N5O3. The van der Waals surface area contributed by atoms with Crippen molar-refractivity contribution in [3.8, 4) is 23.1 Å². The van der Waals surface area contributed by atoms with Crippen LogP contribution in [0.5, 0.6) is 11.6 Å². The molecule has 0 spiro atoms. The predicted molar refractivity (Wildman–Crippen MR) is 115 cm³/mol. The molecule has 0 aliphatic rings. The number of hydrogen-bond acceptors (Lipinski definition) is 7. The van der Waals surface area contributed by atoms with E-state index in [9.17, 15) is 0 Å². The summed E-state index contributed by atoms with van der Waals surface area (Å²) in [4.78, 5) is 9.69. The predicted octanol–water partition coefficient (Wildman–Crippen LogP) is 4.63. The zero-order valence-corrected chi connectivity index (χ0v) is 17.1. The Bertz CT molecular complexity index is 1160. The van der Waals surface area contributed by atoms with E-state index in [0.29, 0.717) is 29.0 Å². The van der Waals surface area contributed by atoms with Crippen molar-refractivity contribution in [3.63, 3.8) is 0 Å². The molecule has 8 nitrogen and oxygen atoms in total. The van der Waals surface area contributed by atoms with Crippen molar-refractivity contribution in [1.82, 2.24) is 15.2 Å². The van der Waals surface area contributed by atoms with Gasteiger partial charge in [-0.1, -0.05) is 41.1 Å². The van der Waals surface area contributed by atoms with Gasteiger partial charge >= 0.3 is 0 Å². The second-order valence-electron chi connectivity index (χ2n) is 6.84. The van der Waals surface area contributed by atoms with Gasteiger partial charge in [-0.15, -0.1) is 10.2 Å². The van der Waals surface area contributed by atoms with Gasteiger partial charge in [0.2, 0.25) is 17.9 Å². The minimum absolute atomic E-state index is 0.170. The number of benzene rings is 2. The van der Waals surface area contributed by atoms with Crippen LogP contribution in [0.4, 0.5) is 0 Å². The zero-order chi connectivity index (χ0) is 21.6. The molecule has 0 aliphatic carbocycles. The summed E-state index contributed by atoms with van der Waals surface area (Å²) in [6.45, 7) is 3.76. The maximum absolute atomic E-state index is 6.01. The van der Waals surface area contributed by atoms with Crippen LogP contribution in [0.25, 0.3) is 11.5 Å². The van der Waals surface area contributed by atoms with Gasteiger partial charge in [-0.05, 0) is 44.2 Å². The van der Waals surface area contributed by atoms with Crippen molar-refractivity contribution < 1.29 is 14.0 Å². The Morgan fingerprint density at radius 1 is 1.00 bits per heavy atom. The lowest BCUT2D eigenvalue weighted by Crippen LogP contribution is -2.14. The Kier molecular flexibility index (Phi) is 5.89. The van der Waals surface area contributed by atoms with E-state index < -0.39 is 6.10 Å². The first-order chi connectivity index (χ1) is 15.1. The first-order valence-corrected chi connectivity index (χ1v) is 9.67. The van der Waals surface area contributed by atoms with Crippen LogP contribution in [-0.2, 0) is 4.84 Å². The number of ether oxygens (including phenoxy) is 1. The Morgan fingerprint density at radius 3 is 2.48 bits per heavy atom. The van der Waals surface area contributed by atoms with E-state index in [2.05, 4.69) is 20.3 Å². The lowest BCUT2D eigenvalue weighted by atomic mass is 10.1. The third kappa shape index (κ3) is 5.05. The molecule has 8 heteroatoms. The monoisotopic (exact) mass is 415 g/mol. The van der Waals surface area contributed by atoms with Crippen LogP contribution >= 0.6 is 0 Å². The first kappa shape index (κ1) is 20.1. The SMILES string of the molecule is Cc1ccc(-c2nnc([C@@H](C)O/N=C(\N)c3ccc(Oc4ccccc4)nc3)o2)cc1. The molecule has 1 atom stereocenters. The number of nitrogens with two attached hydrogens (primary N) is 1. The molecular weight excluding hydrogens is 394 g/mol. The summed E-state index contributed by atoms with van der Waals surface area (Å²) in [6.07, 6.45) is 0.992. The zero-order valence-electron chi connectivity index (χ0n) is 17.1. The standard InChI is InChI=1S/C23H21N5O3/c1-15-8-10-17(11-9-15)23-27-26-22(30-23)16(2)31-28-21(24)18-12-13-20(25-14-18)29-19-6-4-3-5-7-19/h3-14,16H,1-2H3,(H2,24,28)/t16-/m1/s1. The largest absolute Gasteiger partial charge is 0.439 e. The summed E-state index contributed by atoms with van der Waals surface area (Å²) in [5.41, 5.74) is 8.60. The number of nitrogens with zero attached hydrogens (tertiary/aromatic N) is 4. The highest BCUT2D eigenvalue weighted by Gasteiger charge is 2.16. The highest BCUT2D eigenvalue weighted by atomic mass is 16.6. The average Bonchev–Trinajstić information content (AvgIpc) is 3.29. The van der Waals surface area contributed by atoms with Gasteiger partial charge in [0.05, 0.1) is 0 Å². The lowest BCUT2D eigenvalue weighted by Gasteiger charge is -2.07. The van der Waals surface area contributed by atoms with E-state index in [-0.39, 0.29) is 5.84 Å². The van der Waals surface area contributed by atoms with Gasteiger partial charge < -0.3 is 19.7 Å². The van der Waals surface area contributed by atoms with Gasteiger partial charge in [-0.2, -0.15) is 0 Å². The van der Waals surface area contributed by atoms with E-state index in [1.165, 1.54) is 0 Å². The molecule has 0 saturated carbocycles. The molecule has 4 rings (SSSR count). The highest BCUT2D eigenvalue weighted by molar-refractivity contribution is 5.96. The molecule has 31 heavy (non-hydrogen) atoms. The normalized spacial score (nSPS) is 12.4. The summed E-state index contributed by atoms with van der Waals surface area (Å²) in [5.74, 6) is 2.04. The molecule has 0 radical (unpaired) electrons. The Labute approximate surface area is 179 Å². The van der Waals surface area contributed by atoms with E-state index in [0.717, 1.165) is 11.1 Å². The third-order valence-corrected chi connectivity index (χ3v) is 4.39. The van der Waals surface area contributed by atoms with Crippen molar-refractivity contribution >= 4 is 5.84 Å². The molecule has 0 amide bonds. The molecule has 156 valence electrons. The second kappa shape index (κ2) is 9.08. The maximum Gasteiger partial charge on any atom is 0.259 e. The number of aryl methyl sites for hydroxylation is 1. The quantitative estimate of drug-likeness (QED) is 0.266. The van der Waals surface area contributed by atoms with Gasteiger partial charge in [0.25, 0.3) is 5.89 Å². The van der Waals surface area contributed by atoms with E-state index in [1.807, 2.05) is 61.5 Å². The molecule has 0 fully saturated rings. The van der Waals surface area contributed by atoms with E-state index in [1.54, 1.807) is 25.3 Å². The minimum Gasteiger partial charge on any atom is -0.439 e. The van der Waals surface area contributed by atoms with Crippen LogP contribution in [0.15, 0.2) is 82.5 Å². The van der Waals surface area contributed by atoms with Gasteiger partial charge in [-0.3, -0.25) is 0 Å². The van der Waals surface area contributed by atoms with Gasteiger partial charge in [0, 0.05) is 23.4 Å². The summed E-state index contributed by atoms with van der Waals surface area (Å²) in [6, 6.07) is 20.7. The molecule has 2 N–H and O–H groups in total. The summed E-state index contributed by atoms with van der Waals surface area (Å²) in [5, 5.41) is 12.1. The van der Waals surface area contributed by atoms with Crippen molar-refractivity contribution in [2.75, 3.05) is 0 Å². The van der Waals surface area contributed by atoms with Crippen LogP contribution < -0.4 is 10.5 Å². The topological polar surface area (TPSA) is 109 Å². The minimum atomic E-state index is -0.570. The number of amidine groups is 1. The number of aromatic nitrogens is 3. The summed E-state index contributed by atoms with van der Waals surface area (Å²) in [7, 11) is 0. The summed E-state index contributed by atoms with van der Waals surface area (Å²) >= 11 is 0. The second-order valence-corrected chi connectivity index (χ2v) is 6.84. The van der Waals surface area contributed by atoms with Crippen molar-refractivity contribution in [1.29, 1.82) is 0 Å². The fraction of sp³-hybridized carbons (Fsp3) is 0.130. The third-order valence-electron chi connectivity index (χ3n) is 4.39. The summed E-state index contributed by atoms with van der Waals surface area (Å²) < 4.78 is 11.4. The van der Waals surface area contributed by atoms with Crippen LogP contribution in [0.2, 0.25) is 0 Å². The Hall–Kier alpha value is -4.20. The number of para-hydroxylation sites is 1. The van der Waals surface area contributed by atoms with Gasteiger partial charge in [0.15, 0.2) is 5.84 Å². The molecule has 0 saturated heterocycles. The molecule has 2 aromatic carbocycles. The van der Waals surface area contributed by atoms with E-state index in [4.69, 9.17) is 19.7 Å². The van der Waals surface area contributed by atoms with Crippen molar-refractivity contribution in [2.24, 2.45) is 10.9 Å². The Balaban J connectivity index is 1.38. The van der Waals surface area contributed by atoms with Crippen LogP contribution in [0, 0.1) is 6.92 Å². The first-order valence-electron chi connectivity index (χ1n) is 9.67. The maximum atomic E-state index is 6.01. The molecule has 2 aromatic heterocycles. The molecule has 2 heterocycles. The van der Waals surface area contributed by atoms with Crippen LogP contribution in [0.1, 0.15) is 30.0 Å². The Morgan fingerprint density at radius 2 is 1.77 bits per heavy atom. The van der Waals surface area contributed by atoms with Gasteiger partial charge in [-0.25, -0.2) is 4.98 Å². The van der Waals surface area contributed by atoms with E-state index >= 15 is 0 Å². The molecule has 0 aliphatic heterocycles. The average molecular weight is 415 g/mol. The fourth-order valence-corrected chi connectivity index (χ4v) is 2.65. The number of rotatable bonds is 7. The number of hydrogen-bond donors (Lipinski definition) is 1. The van der Waals surface area contributed by atoms with Crippen LogP contribution in [0.3, 0.4) is 0 Å². The lowest BCUT2D eigenvalue weighted by molar-refractivity contribution is 0.0526.